The van der Waals surface area contributed by atoms with Gasteiger partial charge in [-0.05, 0) is 31.3 Å². The molecule has 2 amide bonds. The Kier molecular flexibility index (Phi) is 6.46. The van der Waals surface area contributed by atoms with E-state index < -0.39 is 0 Å². The highest BCUT2D eigenvalue weighted by molar-refractivity contribution is 5.89. The number of aromatic amines is 1. The van der Waals surface area contributed by atoms with Crippen LogP contribution in [0.5, 0.6) is 5.75 Å². The number of likely N-dealkylation sites (N-methyl/N-ethyl adjacent to an activating group) is 1. The summed E-state index contributed by atoms with van der Waals surface area (Å²) >= 11 is 0. The maximum atomic E-state index is 13.0. The van der Waals surface area contributed by atoms with Crippen LogP contribution in [0.1, 0.15) is 18.8 Å². The molecule has 4 rings (SSSR count). The molecule has 9 heteroatoms. The molecule has 166 valence electrons. The first-order valence-corrected chi connectivity index (χ1v) is 10.5. The Balaban J connectivity index is 1.51. The van der Waals surface area contributed by atoms with E-state index in [1.807, 2.05) is 61.6 Å². The van der Waals surface area contributed by atoms with Crippen molar-refractivity contribution in [2.24, 2.45) is 0 Å². The van der Waals surface area contributed by atoms with Gasteiger partial charge < -0.3 is 19.9 Å². The van der Waals surface area contributed by atoms with Gasteiger partial charge in [-0.1, -0.05) is 30.3 Å². The van der Waals surface area contributed by atoms with Gasteiger partial charge in [-0.15, -0.1) is 0 Å². The second-order valence-electron chi connectivity index (χ2n) is 7.77. The average Bonchev–Trinajstić information content (AvgIpc) is 3.28. The molecule has 0 radical (unpaired) electrons. The van der Waals surface area contributed by atoms with Crippen molar-refractivity contribution in [3.8, 4) is 17.1 Å². The number of H-pyrrole nitrogens is 1. The standard InChI is InChI=1S/C23H26N6O3/c1-16(30)24-18-8-6-7-17(13-18)22-25-23(27-26-22)20-14-28(2)11-12-29(20)21(31)15-32-19-9-4-3-5-10-19/h3-10,13,20H,11-12,14-15H2,1-2H3,(H,24,30)(H,25,26,27)/t20-/m1/s1. The van der Waals surface area contributed by atoms with Crippen molar-refractivity contribution in [3.63, 3.8) is 0 Å². The molecule has 0 bridgehead atoms. The smallest absolute Gasteiger partial charge is 0.261 e. The number of ether oxygens (including phenoxy) is 1. The van der Waals surface area contributed by atoms with Crippen molar-refractivity contribution in [1.29, 1.82) is 0 Å². The van der Waals surface area contributed by atoms with Crippen molar-refractivity contribution in [2.45, 2.75) is 13.0 Å². The van der Waals surface area contributed by atoms with Crippen molar-refractivity contribution < 1.29 is 14.3 Å². The maximum Gasteiger partial charge on any atom is 0.261 e. The van der Waals surface area contributed by atoms with Crippen LogP contribution >= 0.6 is 0 Å². The monoisotopic (exact) mass is 434 g/mol. The molecule has 0 aliphatic carbocycles. The topological polar surface area (TPSA) is 103 Å². The lowest BCUT2D eigenvalue weighted by Gasteiger charge is -2.38. The van der Waals surface area contributed by atoms with Crippen molar-refractivity contribution in [3.05, 3.63) is 60.4 Å². The third-order valence-corrected chi connectivity index (χ3v) is 5.27. The Bertz CT molecular complexity index is 1080. The molecule has 2 aromatic carbocycles. The number of anilines is 1. The molecule has 1 fully saturated rings. The van der Waals surface area contributed by atoms with Crippen LogP contribution in [0.15, 0.2) is 54.6 Å². The quantitative estimate of drug-likeness (QED) is 0.617. The largest absolute Gasteiger partial charge is 0.484 e. The fourth-order valence-corrected chi connectivity index (χ4v) is 3.69. The number of benzene rings is 2. The molecule has 1 saturated heterocycles. The number of nitrogens with one attached hydrogen (secondary N) is 2. The van der Waals surface area contributed by atoms with E-state index in [1.165, 1.54) is 6.92 Å². The number of para-hydroxylation sites is 1. The van der Waals surface area contributed by atoms with E-state index in [2.05, 4.69) is 25.4 Å². The van der Waals surface area contributed by atoms with Gasteiger partial charge in [0.1, 0.15) is 17.6 Å². The van der Waals surface area contributed by atoms with Gasteiger partial charge in [0.15, 0.2) is 12.4 Å². The van der Waals surface area contributed by atoms with Crippen LogP contribution in [-0.4, -0.2) is 70.1 Å². The lowest BCUT2D eigenvalue weighted by Crippen LogP contribution is -2.50. The second kappa shape index (κ2) is 9.61. The lowest BCUT2D eigenvalue weighted by molar-refractivity contribution is -0.138. The van der Waals surface area contributed by atoms with E-state index in [0.29, 0.717) is 36.2 Å². The van der Waals surface area contributed by atoms with Crippen LogP contribution in [0.2, 0.25) is 0 Å². The molecule has 0 saturated carbocycles. The van der Waals surface area contributed by atoms with Gasteiger partial charge in [-0.3, -0.25) is 14.7 Å². The second-order valence-corrected chi connectivity index (χ2v) is 7.77. The third-order valence-electron chi connectivity index (χ3n) is 5.27. The number of piperazine rings is 1. The van der Waals surface area contributed by atoms with Crippen LogP contribution in [0.4, 0.5) is 5.69 Å². The average molecular weight is 435 g/mol. The van der Waals surface area contributed by atoms with E-state index in [9.17, 15) is 9.59 Å². The van der Waals surface area contributed by atoms with Gasteiger partial charge in [0.25, 0.3) is 5.91 Å². The molecule has 1 atom stereocenters. The van der Waals surface area contributed by atoms with E-state index in [-0.39, 0.29) is 24.5 Å². The number of hydrogen-bond donors (Lipinski definition) is 2. The first-order chi connectivity index (χ1) is 15.5. The lowest BCUT2D eigenvalue weighted by atomic mass is 10.1. The first kappa shape index (κ1) is 21.5. The SMILES string of the molecule is CC(=O)Nc1cccc(-c2n[nH]c([C@H]3CN(C)CCN3C(=O)COc3ccccc3)n2)c1. The zero-order chi connectivity index (χ0) is 22.5. The third kappa shape index (κ3) is 5.12. The minimum Gasteiger partial charge on any atom is -0.484 e. The fourth-order valence-electron chi connectivity index (χ4n) is 3.69. The molecule has 2 heterocycles. The molecule has 0 spiro atoms. The van der Waals surface area contributed by atoms with Gasteiger partial charge >= 0.3 is 0 Å². The molecule has 1 aromatic heterocycles. The van der Waals surface area contributed by atoms with Crippen molar-refractivity contribution in [2.75, 3.05) is 38.6 Å². The minimum absolute atomic E-state index is 0.0377. The van der Waals surface area contributed by atoms with Gasteiger partial charge in [-0.2, -0.15) is 5.10 Å². The summed E-state index contributed by atoms with van der Waals surface area (Å²) in [6.07, 6.45) is 0. The van der Waals surface area contributed by atoms with Crippen LogP contribution in [-0.2, 0) is 9.59 Å². The fraction of sp³-hybridized carbons (Fsp3) is 0.304. The summed E-state index contributed by atoms with van der Waals surface area (Å²) in [5.41, 5.74) is 1.45. The summed E-state index contributed by atoms with van der Waals surface area (Å²) in [5, 5.41) is 10.1. The molecule has 0 unspecified atom stereocenters. The number of carbonyl (C=O) groups excluding carboxylic acids is 2. The number of carbonyl (C=O) groups is 2. The first-order valence-electron chi connectivity index (χ1n) is 10.5. The molecular formula is C23H26N6O3. The summed E-state index contributed by atoms with van der Waals surface area (Å²) in [5.74, 6) is 1.54. The molecule has 1 aliphatic rings. The minimum atomic E-state index is -0.264. The number of aromatic nitrogens is 3. The summed E-state index contributed by atoms with van der Waals surface area (Å²) in [6.45, 7) is 3.41. The van der Waals surface area contributed by atoms with Gasteiger partial charge in [-0.25, -0.2) is 4.98 Å². The Morgan fingerprint density at radius 2 is 1.97 bits per heavy atom. The van der Waals surface area contributed by atoms with E-state index in [0.717, 1.165) is 12.1 Å². The molecule has 3 aromatic rings. The summed E-state index contributed by atoms with van der Waals surface area (Å²) in [7, 11) is 2.02. The number of nitrogens with zero attached hydrogens (tertiary/aromatic N) is 4. The Hall–Kier alpha value is -3.72. The van der Waals surface area contributed by atoms with Crippen molar-refractivity contribution >= 4 is 17.5 Å². The molecule has 9 nitrogen and oxygen atoms in total. The van der Waals surface area contributed by atoms with Crippen LogP contribution in [0, 0.1) is 0 Å². The predicted molar refractivity (Wildman–Crippen MR) is 120 cm³/mol. The van der Waals surface area contributed by atoms with E-state index >= 15 is 0 Å². The normalized spacial score (nSPS) is 16.6. The predicted octanol–water partition coefficient (Wildman–Crippen LogP) is 2.32. The highest BCUT2D eigenvalue weighted by Crippen LogP contribution is 2.26. The van der Waals surface area contributed by atoms with Gasteiger partial charge in [0, 0.05) is 37.8 Å². The number of rotatable bonds is 6. The van der Waals surface area contributed by atoms with Crippen LogP contribution in [0.3, 0.4) is 0 Å². The maximum absolute atomic E-state index is 13.0. The zero-order valence-electron chi connectivity index (χ0n) is 18.1. The van der Waals surface area contributed by atoms with Crippen molar-refractivity contribution in [1.82, 2.24) is 25.0 Å². The molecule has 32 heavy (non-hydrogen) atoms. The molecule has 2 N–H and O–H groups in total. The summed E-state index contributed by atoms with van der Waals surface area (Å²) in [4.78, 5) is 32.9. The summed E-state index contributed by atoms with van der Waals surface area (Å²) < 4.78 is 5.67. The van der Waals surface area contributed by atoms with E-state index in [1.54, 1.807) is 4.90 Å². The van der Waals surface area contributed by atoms with E-state index in [4.69, 9.17) is 4.74 Å². The Morgan fingerprint density at radius 3 is 2.75 bits per heavy atom. The van der Waals surface area contributed by atoms with Gasteiger partial charge in [0.2, 0.25) is 5.91 Å². The summed E-state index contributed by atoms with van der Waals surface area (Å²) in [6, 6.07) is 16.4. The molecule has 1 aliphatic heterocycles. The van der Waals surface area contributed by atoms with Gasteiger partial charge in [0.05, 0.1) is 0 Å². The van der Waals surface area contributed by atoms with Crippen LogP contribution < -0.4 is 10.1 Å². The number of hydrogen-bond acceptors (Lipinski definition) is 6. The zero-order valence-corrected chi connectivity index (χ0v) is 18.1. The highest BCUT2D eigenvalue weighted by Gasteiger charge is 2.33. The molecular weight excluding hydrogens is 408 g/mol. The Morgan fingerprint density at radius 1 is 1.16 bits per heavy atom. The highest BCUT2D eigenvalue weighted by atomic mass is 16.5. The van der Waals surface area contributed by atoms with Crippen LogP contribution in [0.25, 0.3) is 11.4 Å². The Labute approximate surface area is 186 Å². The number of amides is 2.